The number of nitrogens with one attached hydrogen (secondary N) is 1. The van der Waals surface area contributed by atoms with Crippen molar-refractivity contribution in [3.05, 3.63) is 28.3 Å². The van der Waals surface area contributed by atoms with Gasteiger partial charge in [-0.15, -0.1) is 0 Å². The molecule has 0 aliphatic carbocycles. The third kappa shape index (κ3) is 3.21. The molecule has 15 heavy (non-hydrogen) atoms. The van der Waals surface area contributed by atoms with Gasteiger partial charge in [-0.3, -0.25) is 25.7 Å². The van der Waals surface area contributed by atoms with E-state index in [9.17, 15) is 14.7 Å². The first-order chi connectivity index (χ1) is 6.79. The number of hydrogen-bond acceptors (Lipinski definition) is 4. The average molecular weight is 232 g/mol. The van der Waals surface area contributed by atoms with Gasteiger partial charge in [0.05, 0.1) is 4.92 Å². The number of nitro groups is 1. The molecule has 0 atom stereocenters. The normalized spacial score (nSPS) is 11.1. The second kappa shape index (κ2) is 3.85. The van der Waals surface area contributed by atoms with Gasteiger partial charge < -0.3 is 10.2 Å². The van der Waals surface area contributed by atoms with Crippen molar-refractivity contribution in [1.29, 1.82) is 0 Å². The van der Waals surface area contributed by atoms with Crippen LogP contribution in [0.4, 0.5) is 11.4 Å². The fourth-order valence-electron chi connectivity index (χ4n) is 0.941. The van der Waals surface area contributed by atoms with Gasteiger partial charge in [-0.05, 0) is 12.1 Å². The Labute approximate surface area is 84.6 Å². The summed E-state index contributed by atoms with van der Waals surface area (Å²) in [5.41, 5.74) is 9.63. The number of phenols is 1. The summed E-state index contributed by atoms with van der Waals surface area (Å²) in [5, 5.41) is 21.7. The number of nitro benzene ring substituents is 1. The number of benzene rings is 1. The molecule has 1 aromatic rings. The maximum Gasteiger partial charge on any atom is 0.312 e. The van der Waals surface area contributed by atoms with Gasteiger partial charge in [-0.2, -0.15) is 0 Å². The molecule has 1 aromatic carbocycles. The molecule has 0 spiro atoms. The van der Waals surface area contributed by atoms with Crippen molar-refractivity contribution in [2.75, 3.05) is 5.09 Å². The molecule has 0 aliphatic rings. The van der Waals surface area contributed by atoms with E-state index in [0.29, 0.717) is 0 Å². The van der Waals surface area contributed by atoms with Gasteiger partial charge in [0, 0.05) is 11.8 Å². The van der Waals surface area contributed by atoms with Crippen LogP contribution >= 0.6 is 7.59 Å². The van der Waals surface area contributed by atoms with Gasteiger partial charge in [0.2, 0.25) is 0 Å². The Balaban J connectivity index is 3.08. The van der Waals surface area contributed by atoms with Crippen LogP contribution in [0.25, 0.3) is 0 Å². The first kappa shape index (κ1) is 11.4. The van der Waals surface area contributed by atoms with Crippen molar-refractivity contribution in [3.63, 3.8) is 0 Å². The van der Waals surface area contributed by atoms with E-state index in [1.54, 1.807) is 0 Å². The molecule has 9 heteroatoms. The molecule has 0 radical (unpaired) electrons. The van der Waals surface area contributed by atoms with Gasteiger partial charge in [0.25, 0.3) is 7.59 Å². The Morgan fingerprint density at radius 3 is 2.53 bits per heavy atom. The molecule has 0 amide bonds. The van der Waals surface area contributed by atoms with Crippen molar-refractivity contribution >= 4 is 19.0 Å². The number of aromatic hydroxyl groups is 1. The second-order valence-electron chi connectivity index (χ2n) is 2.78. The maximum atomic E-state index is 11.0. The molecule has 8 nitrogen and oxygen atoms in total. The number of anilines is 1. The molecule has 0 aromatic heterocycles. The minimum atomic E-state index is -3.51. The van der Waals surface area contributed by atoms with Crippen molar-refractivity contribution in [1.82, 2.24) is 0 Å². The van der Waals surface area contributed by atoms with E-state index in [1.807, 2.05) is 0 Å². The summed E-state index contributed by atoms with van der Waals surface area (Å²) in [6, 6.07) is 3.34. The fraction of sp³-hybridized carbons (Fsp3) is 0. The summed E-state index contributed by atoms with van der Waals surface area (Å²) in [5.74, 6) is -0.491. The van der Waals surface area contributed by atoms with Crippen molar-refractivity contribution in [2.24, 2.45) is 11.0 Å². The highest BCUT2D eigenvalue weighted by Gasteiger charge is 2.16. The largest absolute Gasteiger partial charge is 0.502 e. The predicted molar refractivity (Wildman–Crippen MR) is 54.4 cm³/mol. The van der Waals surface area contributed by atoms with Gasteiger partial charge >= 0.3 is 5.69 Å². The monoisotopic (exact) mass is 232 g/mol. The summed E-state index contributed by atoms with van der Waals surface area (Å²) in [6.07, 6.45) is 0. The lowest BCUT2D eigenvalue weighted by molar-refractivity contribution is -0.385. The van der Waals surface area contributed by atoms with Crippen LogP contribution in [0, 0.1) is 10.1 Å². The summed E-state index contributed by atoms with van der Waals surface area (Å²) in [6.45, 7) is 0. The molecule has 82 valence electrons. The molecular formula is C6H9N4O4P. The lowest BCUT2D eigenvalue weighted by atomic mass is 10.2. The van der Waals surface area contributed by atoms with Crippen molar-refractivity contribution < 1.29 is 14.6 Å². The van der Waals surface area contributed by atoms with Crippen LogP contribution in [0.2, 0.25) is 0 Å². The summed E-state index contributed by atoms with van der Waals surface area (Å²) >= 11 is 0. The summed E-state index contributed by atoms with van der Waals surface area (Å²) in [4.78, 5) is 9.65. The zero-order valence-corrected chi connectivity index (χ0v) is 8.35. The molecule has 0 heterocycles. The van der Waals surface area contributed by atoms with Crippen LogP contribution < -0.4 is 16.1 Å². The molecule has 0 saturated carbocycles. The number of hydrogen-bond donors (Lipinski definition) is 4. The fourth-order valence-corrected chi connectivity index (χ4v) is 1.48. The summed E-state index contributed by atoms with van der Waals surface area (Å²) < 4.78 is 11.0. The van der Waals surface area contributed by atoms with Crippen LogP contribution in [-0.2, 0) is 4.57 Å². The third-order valence-electron chi connectivity index (χ3n) is 1.48. The molecular weight excluding hydrogens is 223 g/mol. The Bertz CT molecular complexity index is 443. The number of phenolic OH excluding ortho intramolecular Hbond substituents is 1. The molecule has 0 aliphatic heterocycles. The van der Waals surface area contributed by atoms with Crippen molar-refractivity contribution in [3.8, 4) is 5.75 Å². The van der Waals surface area contributed by atoms with Gasteiger partial charge in [-0.25, -0.2) is 0 Å². The van der Waals surface area contributed by atoms with Crippen LogP contribution in [0.1, 0.15) is 0 Å². The standard InChI is InChI=1S/C6H9N4O4P/c7-15(8,14)9-4-1-2-6(11)5(3-4)10(12)13/h1-3,11H,(H5,7,8,9,14). The molecule has 0 bridgehead atoms. The number of nitrogens with two attached hydrogens (primary N) is 2. The van der Waals surface area contributed by atoms with E-state index >= 15 is 0 Å². The SMILES string of the molecule is NP(N)(=O)Nc1ccc(O)c([N+](=O)[O-])c1. The van der Waals surface area contributed by atoms with E-state index < -0.39 is 24.0 Å². The zero-order chi connectivity index (χ0) is 11.6. The average Bonchev–Trinajstić information content (AvgIpc) is 2.05. The molecule has 0 saturated heterocycles. The van der Waals surface area contributed by atoms with Crippen LogP contribution in [-0.4, -0.2) is 10.0 Å². The highest BCUT2D eigenvalue weighted by Crippen LogP contribution is 2.33. The highest BCUT2D eigenvalue weighted by atomic mass is 31.2. The van der Waals surface area contributed by atoms with E-state index in [0.717, 1.165) is 12.1 Å². The lowest BCUT2D eigenvalue weighted by Crippen LogP contribution is -2.13. The van der Waals surface area contributed by atoms with Crippen LogP contribution in [0.3, 0.4) is 0 Å². The first-order valence-electron chi connectivity index (χ1n) is 3.72. The maximum absolute atomic E-state index is 11.0. The second-order valence-corrected chi connectivity index (χ2v) is 4.42. The Kier molecular flexibility index (Phi) is 2.94. The summed E-state index contributed by atoms with van der Waals surface area (Å²) in [7, 11) is -3.51. The van der Waals surface area contributed by atoms with E-state index in [4.69, 9.17) is 16.1 Å². The molecule has 0 fully saturated rings. The zero-order valence-electron chi connectivity index (χ0n) is 7.45. The number of rotatable bonds is 3. The van der Waals surface area contributed by atoms with Crippen LogP contribution in [0.5, 0.6) is 5.75 Å². The molecule has 0 unspecified atom stereocenters. The van der Waals surface area contributed by atoms with E-state index in [1.165, 1.54) is 6.07 Å². The third-order valence-corrected chi connectivity index (χ3v) is 2.08. The predicted octanol–water partition coefficient (Wildman–Crippen LogP) is 0.738. The van der Waals surface area contributed by atoms with Crippen LogP contribution in [0.15, 0.2) is 18.2 Å². The lowest BCUT2D eigenvalue weighted by Gasteiger charge is -2.09. The van der Waals surface area contributed by atoms with Gasteiger partial charge in [0.15, 0.2) is 5.75 Å². The Hall–Kier alpha value is -1.63. The first-order valence-corrected chi connectivity index (χ1v) is 5.57. The Morgan fingerprint density at radius 2 is 2.07 bits per heavy atom. The molecule has 1 rings (SSSR count). The molecule has 6 N–H and O–H groups in total. The quantitative estimate of drug-likeness (QED) is 0.260. The van der Waals surface area contributed by atoms with Gasteiger partial charge in [0.1, 0.15) is 0 Å². The minimum absolute atomic E-state index is 0.104. The minimum Gasteiger partial charge on any atom is -0.502 e. The van der Waals surface area contributed by atoms with Crippen molar-refractivity contribution in [2.45, 2.75) is 0 Å². The Morgan fingerprint density at radius 1 is 1.47 bits per heavy atom. The van der Waals surface area contributed by atoms with E-state index in [-0.39, 0.29) is 5.69 Å². The smallest absolute Gasteiger partial charge is 0.312 e. The number of nitrogens with zero attached hydrogens (tertiary/aromatic N) is 1. The van der Waals surface area contributed by atoms with E-state index in [2.05, 4.69) is 5.09 Å². The van der Waals surface area contributed by atoms with Gasteiger partial charge in [-0.1, -0.05) is 0 Å². The highest BCUT2D eigenvalue weighted by molar-refractivity contribution is 7.60. The topological polar surface area (TPSA) is 145 Å².